The second kappa shape index (κ2) is 11.6. The summed E-state index contributed by atoms with van der Waals surface area (Å²) in [7, 11) is 0. The highest BCUT2D eigenvalue weighted by Gasteiger charge is 2.35. The van der Waals surface area contributed by atoms with Gasteiger partial charge in [0.15, 0.2) is 0 Å². The van der Waals surface area contributed by atoms with E-state index < -0.39 is 0 Å². The molecule has 1 aromatic heterocycles. The third kappa shape index (κ3) is 6.33. The summed E-state index contributed by atoms with van der Waals surface area (Å²) in [5.41, 5.74) is 3.97. The second-order valence-corrected chi connectivity index (χ2v) is 10.8. The lowest BCUT2D eigenvalue weighted by molar-refractivity contribution is 0.0542. The molecule has 3 heterocycles. The van der Waals surface area contributed by atoms with Crippen molar-refractivity contribution in [1.82, 2.24) is 9.80 Å². The van der Waals surface area contributed by atoms with Gasteiger partial charge in [-0.25, -0.2) is 4.39 Å². The van der Waals surface area contributed by atoms with E-state index in [4.69, 9.17) is 4.74 Å². The van der Waals surface area contributed by atoms with Gasteiger partial charge in [0.25, 0.3) is 0 Å². The van der Waals surface area contributed by atoms with Gasteiger partial charge in [0.1, 0.15) is 5.82 Å². The molecule has 0 aliphatic carbocycles. The molecule has 2 saturated heterocycles. The average molecular weight is 479 g/mol. The first-order valence-corrected chi connectivity index (χ1v) is 13.5. The quantitative estimate of drug-likeness (QED) is 0.373. The fraction of sp³-hybridized carbons (Fsp3) is 0.448. The number of rotatable bonds is 9. The minimum Gasteiger partial charge on any atom is -0.376 e. The Morgan fingerprint density at radius 2 is 1.68 bits per heavy atom. The van der Waals surface area contributed by atoms with Crippen LogP contribution >= 0.6 is 11.3 Å². The minimum atomic E-state index is -0.192. The highest BCUT2D eigenvalue weighted by molar-refractivity contribution is 7.08. The van der Waals surface area contributed by atoms with Crippen molar-refractivity contribution < 1.29 is 9.13 Å². The lowest BCUT2D eigenvalue weighted by Gasteiger charge is -2.34. The molecule has 0 saturated carbocycles. The van der Waals surface area contributed by atoms with Crippen molar-refractivity contribution in [3.05, 3.63) is 93.9 Å². The van der Waals surface area contributed by atoms with Gasteiger partial charge in [-0.2, -0.15) is 11.3 Å². The highest BCUT2D eigenvalue weighted by atomic mass is 32.1. The molecule has 2 fully saturated rings. The maximum atomic E-state index is 13.1. The molecule has 34 heavy (non-hydrogen) atoms. The van der Waals surface area contributed by atoms with Crippen molar-refractivity contribution >= 4 is 11.3 Å². The molecule has 2 aromatic carbocycles. The van der Waals surface area contributed by atoms with Gasteiger partial charge in [-0.1, -0.05) is 42.5 Å². The third-order valence-corrected chi connectivity index (χ3v) is 8.17. The number of nitrogens with zero attached hydrogens (tertiary/aromatic N) is 2. The molecule has 180 valence electrons. The lowest BCUT2D eigenvalue weighted by Crippen LogP contribution is -2.39. The van der Waals surface area contributed by atoms with E-state index in [1.54, 1.807) is 0 Å². The summed E-state index contributed by atoms with van der Waals surface area (Å²) in [6.45, 7) is 8.27. The number of benzene rings is 2. The molecule has 2 atom stereocenters. The molecule has 5 heteroatoms. The molecule has 0 amide bonds. The molecule has 2 unspecified atom stereocenters. The van der Waals surface area contributed by atoms with E-state index in [-0.39, 0.29) is 5.82 Å². The molecular formula is C29H35FN2OS. The van der Waals surface area contributed by atoms with Crippen LogP contribution < -0.4 is 0 Å². The summed E-state index contributed by atoms with van der Waals surface area (Å²) in [5, 5.41) is 4.58. The first-order valence-electron chi connectivity index (χ1n) is 12.6. The Labute approximate surface area is 207 Å². The number of likely N-dealkylation sites (tertiary alicyclic amines) is 2. The van der Waals surface area contributed by atoms with Crippen molar-refractivity contribution in [1.29, 1.82) is 0 Å². The van der Waals surface area contributed by atoms with E-state index in [1.807, 2.05) is 23.5 Å². The standard InChI is InChI=1S/C29H35FN2OS/c30-28-8-6-24(7-9-28)20-33-21-25-10-13-31(14-11-25)17-27-18-32(16-23-4-2-1-3-5-23)19-29(27)26-12-15-34-22-26/h1-9,12,15,22,25,27,29H,10-11,13-14,16-21H2. The van der Waals surface area contributed by atoms with Crippen LogP contribution in [0.25, 0.3) is 0 Å². The molecular weight excluding hydrogens is 443 g/mol. The predicted molar refractivity (Wildman–Crippen MR) is 137 cm³/mol. The van der Waals surface area contributed by atoms with E-state index in [0.717, 1.165) is 38.3 Å². The average Bonchev–Trinajstić information content (AvgIpc) is 3.52. The van der Waals surface area contributed by atoms with Crippen molar-refractivity contribution in [3.63, 3.8) is 0 Å². The van der Waals surface area contributed by atoms with Gasteiger partial charge in [-0.05, 0) is 83.4 Å². The molecule has 0 radical (unpaired) electrons. The maximum Gasteiger partial charge on any atom is 0.123 e. The summed E-state index contributed by atoms with van der Waals surface area (Å²) in [4.78, 5) is 5.34. The number of thiophene rings is 1. The van der Waals surface area contributed by atoms with E-state index in [1.165, 1.54) is 49.2 Å². The number of piperidine rings is 1. The molecule has 0 bridgehead atoms. The summed E-state index contributed by atoms with van der Waals surface area (Å²) in [6.07, 6.45) is 2.40. The Morgan fingerprint density at radius 1 is 0.882 bits per heavy atom. The van der Waals surface area contributed by atoms with Crippen LogP contribution in [0.15, 0.2) is 71.4 Å². The molecule has 2 aliphatic heterocycles. The Hall–Kier alpha value is -2.05. The van der Waals surface area contributed by atoms with Crippen LogP contribution in [0.5, 0.6) is 0 Å². The summed E-state index contributed by atoms with van der Waals surface area (Å²) in [6, 6.07) is 19.8. The van der Waals surface area contributed by atoms with Crippen molar-refractivity contribution in [2.75, 3.05) is 39.3 Å². The van der Waals surface area contributed by atoms with Crippen LogP contribution in [-0.4, -0.2) is 49.1 Å². The molecule has 3 nitrogen and oxygen atoms in total. The van der Waals surface area contributed by atoms with Gasteiger partial charge in [0, 0.05) is 38.7 Å². The van der Waals surface area contributed by atoms with Gasteiger partial charge >= 0.3 is 0 Å². The Kier molecular flexibility index (Phi) is 8.07. The fourth-order valence-electron chi connectivity index (χ4n) is 5.57. The molecule has 3 aromatic rings. The van der Waals surface area contributed by atoms with Gasteiger partial charge < -0.3 is 9.64 Å². The lowest BCUT2D eigenvalue weighted by atomic mass is 9.89. The molecule has 0 spiro atoms. The van der Waals surface area contributed by atoms with Crippen LogP contribution in [0.2, 0.25) is 0 Å². The first kappa shape index (κ1) is 23.7. The number of halogens is 1. The van der Waals surface area contributed by atoms with E-state index >= 15 is 0 Å². The summed E-state index contributed by atoms with van der Waals surface area (Å²) >= 11 is 1.82. The van der Waals surface area contributed by atoms with Gasteiger partial charge in [0.2, 0.25) is 0 Å². The predicted octanol–water partition coefficient (Wildman–Crippen LogP) is 6.03. The van der Waals surface area contributed by atoms with Crippen LogP contribution in [0.1, 0.15) is 35.4 Å². The Bertz CT molecular complexity index is 987. The van der Waals surface area contributed by atoms with E-state index in [0.29, 0.717) is 24.4 Å². The minimum absolute atomic E-state index is 0.192. The second-order valence-electron chi connectivity index (χ2n) is 9.99. The SMILES string of the molecule is Fc1ccc(COCC2CCN(CC3CN(Cc4ccccc4)CC3c3ccsc3)CC2)cc1. The highest BCUT2D eigenvalue weighted by Crippen LogP contribution is 2.35. The zero-order chi connectivity index (χ0) is 23.2. The van der Waals surface area contributed by atoms with Crippen LogP contribution in [0.4, 0.5) is 4.39 Å². The summed E-state index contributed by atoms with van der Waals surface area (Å²) < 4.78 is 19.0. The zero-order valence-corrected chi connectivity index (χ0v) is 20.6. The molecule has 2 aliphatic rings. The van der Waals surface area contributed by atoms with Crippen LogP contribution in [0.3, 0.4) is 0 Å². The van der Waals surface area contributed by atoms with Crippen molar-refractivity contribution in [3.8, 4) is 0 Å². The summed E-state index contributed by atoms with van der Waals surface area (Å²) in [5.74, 6) is 1.75. The monoisotopic (exact) mass is 478 g/mol. The maximum absolute atomic E-state index is 13.1. The fourth-order valence-corrected chi connectivity index (χ4v) is 6.30. The number of hydrogen-bond acceptors (Lipinski definition) is 4. The van der Waals surface area contributed by atoms with E-state index in [9.17, 15) is 4.39 Å². The largest absolute Gasteiger partial charge is 0.376 e. The Balaban J connectivity index is 1.10. The topological polar surface area (TPSA) is 15.7 Å². The molecule has 0 N–H and O–H groups in total. The van der Waals surface area contributed by atoms with Crippen LogP contribution in [-0.2, 0) is 17.9 Å². The first-order chi connectivity index (χ1) is 16.7. The zero-order valence-electron chi connectivity index (χ0n) is 19.8. The van der Waals surface area contributed by atoms with E-state index in [2.05, 4.69) is 57.0 Å². The van der Waals surface area contributed by atoms with Crippen LogP contribution in [0, 0.1) is 17.7 Å². The van der Waals surface area contributed by atoms with Gasteiger partial charge in [-0.15, -0.1) is 0 Å². The van der Waals surface area contributed by atoms with Crippen molar-refractivity contribution in [2.24, 2.45) is 11.8 Å². The third-order valence-electron chi connectivity index (χ3n) is 7.47. The smallest absolute Gasteiger partial charge is 0.123 e. The Morgan fingerprint density at radius 3 is 2.41 bits per heavy atom. The number of hydrogen-bond donors (Lipinski definition) is 0. The normalized spacial score (nSPS) is 22.4. The van der Waals surface area contributed by atoms with Crippen molar-refractivity contribution in [2.45, 2.75) is 31.9 Å². The molecule has 5 rings (SSSR count). The number of ether oxygens (including phenoxy) is 1. The van der Waals surface area contributed by atoms with Gasteiger partial charge in [-0.3, -0.25) is 4.90 Å². The van der Waals surface area contributed by atoms with Gasteiger partial charge in [0.05, 0.1) is 6.61 Å².